The molecule has 1 unspecified atom stereocenters. The lowest BCUT2D eigenvalue weighted by Crippen LogP contribution is -2.42. The number of nitrogens with one attached hydrogen (secondary N) is 2. The quantitative estimate of drug-likeness (QED) is 0.697. The Morgan fingerprint density at radius 2 is 2.35 bits per heavy atom. The predicted octanol–water partition coefficient (Wildman–Crippen LogP) is 1.21. The van der Waals surface area contributed by atoms with Gasteiger partial charge in [0.2, 0.25) is 0 Å². The Bertz CT molecular complexity index is 696. The highest BCUT2D eigenvalue weighted by atomic mass is 79.9. The summed E-state index contributed by atoms with van der Waals surface area (Å²) in [6.07, 6.45) is 2.83. The van der Waals surface area contributed by atoms with Crippen molar-refractivity contribution in [2.24, 2.45) is 0 Å². The first kappa shape index (κ1) is 15.2. The van der Waals surface area contributed by atoms with E-state index in [1.807, 2.05) is 0 Å². The number of halogens is 1. The Balaban J connectivity index is 2.20. The molecule has 10 heteroatoms. The molecule has 0 aliphatic rings. The van der Waals surface area contributed by atoms with Crippen molar-refractivity contribution in [2.45, 2.75) is 16.7 Å². The third kappa shape index (κ3) is 3.45. The molecule has 0 amide bonds. The summed E-state index contributed by atoms with van der Waals surface area (Å²) in [5.74, 6) is -1.25. The fraction of sp³-hybridized carbons (Fsp3) is 0.200. The second kappa shape index (κ2) is 6.04. The van der Waals surface area contributed by atoms with Crippen LogP contribution in [0.1, 0.15) is 5.69 Å². The van der Waals surface area contributed by atoms with E-state index < -0.39 is 22.0 Å². The lowest BCUT2D eigenvalue weighted by atomic mass is 10.2. The van der Waals surface area contributed by atoms with E-state index in [0.29, 0.717) is 10.2 Å². The number of carboxylic acid groups (broad SMARTS) is 1. The Labute approximate surface area is 127 Å². The number of hydrogen-bond donors (Lipinski definition) is 3. The maximum absolute atomic E-state index is 12.1. The molecule has 0 saturated carbocycles. The van der Waals surface area contributed by atoms with Crippen molar-refractivity contribution >= 4 is 43.3 Å². The van der Waals surface area contributed by atoms with Crippen LogP contribution in [-0.4, -0.2) is 35.5 Å². The number of aromatic amines is 1. The number of thiophene rings is 1. The summed E-state index contributed by atoms with van der Waals surface area (Å²) in [5, 5.41) is 10.7. The normalized spacial score (nSPS) is 13.2. The molecule has 108 valence electrons. The minimum atomic E-state index is -3.89. The van der Waals surface area contributed by atoms with Crippen LogP contribution in [0, 0.1) is 0 Å². The van der Waals surface area contributed by atoms with E-state index in [1.165, 1.54) is 12.5 Å². The van der Waals surface area contributed by atoms with Gasteiger partial charge in [0.15, 0.2) is 0 Å². The predicted molar refractivity (Wildman–Crippen MR) is 76.1 cm³/mol. The molecule has 2 aromatic rings. The van der Waals surface area contributed by atoms with Crippen molar-refractivity contribution < 1.29 is 18.3 Å². The van der Waals surface area contributed by atoms with Crippen LogP contribution in [0.4, 0.5) is 0 Å². The molecule has 0 fully saturated rings. The molecule has 0 aromatic carbocycles. The molecule has 1 atom stereocenters. The van der Waals surface area contributed by atoms with Crippen molar-refractivity contribution in [1.82, 2.24) is 14.7 Å². The Morgan fingerprint density at radius 1 is 1.60 bits per heavy atom. The molecular formula is C10H10BrN3O4S2. The maximum Gasteiger partial charge on any atom is 0.322 e. The number of rotatable bonds is 6. The molecule has 0 saturated heterocycles. The van der Waals surface area contributed by atoms with Crippen LogP contribution in [0.5, 0.6) is 0 Å². The molecule has 2 aromatic heterocycles. The first-order chi connectivity index (χ1) is 9.40. The van der Waals surface area contributed by atoms with Crippen molar-refractivity contribution in [3.63, 3.8) is 0 Å². The zero-order valence-corrected chi connectivity index (χ0v) is 13.1. The van der Waals surface area contributed by atoms with Gasteiger partial charge in [-0.05, 0) is 27.4 Å². The van der Waals surface area contributed by atoms with Gasteiger partial charge in [0.1, 0.15) is 10.3 Å². The fourth-order valence-corrected chi connectivity index (χ4v) is 5.05. The number of aliphatic carboxylic acids is 1. The summed E-state index contributed by atoms with van der Waals surface area (Å²) in [6, 6.07) is 0.318. The van der Waals surface area contributed by atoms with E-state index in [0.717, 1.165) is 11.3 Å². The second-order valence-electron chi connectivity index (χ2n) is 3.85. The molecule has 0 aliphatic carbocycles. The first-order valence-corrected chi connectivity index (χ1v) is 8.51. The molecule has 20 heavy (non-hydrogen) atoms. The van der Waals surface area contributed by atoms with Crippen LogP contribution < -0.4 is 4.72 Å². The van der Waals surface area contributed by atoms with Crippen LogP contribution in [0.15, 0.2) is 32.7 Å². The summed E-state index contributed by atoms with van der Waals surface area (Å²) in [5.41, 5.74) is 0.533. The Morgan fingerprint density at radius 3 is 2.85 bits per heavy atom. The number of carboxylic acids is 1. The minimum absolute atomic E-state index is 0.0163. The SMILES string of the molecule is O=C(O)C(Cc1cnc[nH]1)NS(=O)(=O)c1sccc1Br. The van der Waals surface area contributed by atoms with Crippen molar-refractivity contribution in [1.29, 1.82) is 0 Å². The highest BCUT2D eigenvalue weighted by Gasteiger charge is 2.28. The first-order valence-electron chi connectivity index (χ1n) is 5.35. The zero-order valence-electron chi connectivity index (χ0n) is 9.91. The van der Waals surface area contributed by atoms with E-state index in [1.54, 1.807) is 11.4 Å². The van der Waals surface area contributed by atoms with Crippen molar-refractivity contribution in [2.75, 3.05) is 0 Å². The van der Waals surface area contributed by atoms with Gasteiger partial charge in [-0.15, -0.1) is 11.3 Å². The van der Waals surface area contributed by atoms with Crippen LogP contribution in [0.2, 0.25) is 0 Å². The molecule has 0 spiro atoms. The second-order valence-corrected chi connectivity index (χ2v) is 7.53. The lowest BCUT2D eigenvalue weighted by Gasteiger charge is -2.13. The van der Waals surface area contributed by atoms with Gasteiger partial charge in [-0.3, -0.25) is 4.79 Å². The van der Waals surface area contributed by atoms with Crippen LogP contribution in [0.25, 0.3) is 0 Å². The minimum Gasteiger partial charge on any atom is -0.480 e. The van der Waals surface area contributed by atoms with Gasteiger partial charge in [0.05, 0.1) is 6.33 Å². The van der Waals surface area contributed by atoms with Gasteiger partial charge in [-0.25, -0.2) is 13.4 Å². The third-order valence-corrected chi connectivity index (χ3v) is 6.54. The summed E-state index contributed by atoms with van der Waals surface area (Å²) in [7, 11) is -3.89. The molecular weight excluding hydrogens is 370 g/mol. The topological polar surface area (TPSA) is 112 Å². The van der Waals surface area contributed by atoms with Gasteiger partial charge in [0.25, 0.3) is 10.0 Å². The molecule has 0 aliphatic heterocycles. The number of carbonyl (C=O) groups is 1. The van der Waals surface area contributed by atoms with Crippen molar-refractivity contribution in [3.05, 3.63) is 34.1 Å². The molecule has 2 heterocycles. The van der Waals surface area contributed by atoms with E-state index >= 15 is 0 Å². The summed E-state index contributed by atoms with van der Waals surface area (Å²) in [6.45, 7) is 0. The van der Waals surface area contributed by atoms with Gasteiger partial charge < -0.3 is 10.1 Å². The average Bonchev–Trinajstić information content (AvgIpc) is 2.99. The monoisotopic (exact) mass is 379 g/mol. The smallest absolute Gasteiger partial charge is 0.322 e. The third-order valence-electron chi connectivity index (χ3n) is 2.40. The summed E-state index contributed by atoms with van der Waals surface area (Å²) >= 11 is 4.13. The molecule has 0 bridgehead atoms. The highest BCUT2D eigenvalue weighted by Crippen LogP contribution is 2.27. The van der Waals surface area contributed by atoms with Crippen LogP contribution >= 0.6 is 27.3 Å². The average molecular weight is 380 g/mol. The van der Waals surface area contributed by atoms with Gasteiger partial charge in [-0.1, -0.05) is 0 Å². The van der Waals surface area contributed by atoms with Crippen molar-refractivity contribution in [3.8, 4) is 0 Å². The summed E-state index contributed by atoms with van der Waals surface area (Å²) in [4.78, 5) is 17.7. The van der Waals surface area contributed by atoms with E-state index in [2.05, 4.69) is 30.6 Å². The van der Waals surface area contributed by atoms with Gasteiger partial charge >= 0.3 is 5.97 Å². The largest absolute Gasteiger partial charge is 0.480 e. The molecule has 7 nitrogen and oxygen atoms in total. The molecule has 0 radical (unpaired) electrons. The number of imidazole rings is 1. The Hall–Kier alpha value is -1.23. The summed E-state index contributed by atoms with van der Waals surface area (Å²) < 4.78 is 26.9. The lowest BCUT2D eigenvalue weighted by molar-refractivity contribution is -0.138. The van der Waals surface area contributed by atoms with Crippen LogP contribution in [-0.2, 0) is 21.2 Å². The standard InChI is InChI=1S/C10H10BrN3O4S2/c11-7-1-2-19-10(7)20(17,18)14-8(9(15)16)3-6-4-12-5-13-6/h1-2,4-5,8,14H,3H2,(H,12,13)(H,15,16). The maximum atomic E-state index is 12.1. The number of sulfonamides is 1. The number of nitrogens with zero attached hydrogens (tertiary/aromatic N) is 1. The van der Waals surface area contributed by atoms with E-state index in [-0.39, 0.29) is 10.6 Å². The number of aromatic nitrogens is 2. The van der Waals surface area contributed by atoms with E-state index in [9.17, 15) is 13.2 Å². The molecule has 3 N–H and O–H groups in total. The van der Waals surface area contributed by atoms with Gasteiger partial charge in [0, 0.05) is 22.8 Å². The van der Waals surface area contributed by atoms with Crippen LogP contribution in [0.3, 0.4) is 0 Å². The number of hydrogen-bond acceptors (Lipinski definition) is 5. The fourth-order valence-electron chi connectivity index (χ4n) is 1.51. The highest BCUT2D eigenvalue weighted by molar-refractivity contribution is 9.10. The van der Waals surface area contributed by atoms with E-state index in [4.69, 9.17) is 5.11 Å². The molecule has 2 rings (SSSR count). The number of H-pyrrole nitrogens is 1. The van der Waals surface area contributed by atoms with Gasteiger partial charge in [-0.2, -0.15) is 4.72 Å². The Kier molecular flexibility index (Phi) is 4.58. The zero-order chi connectivity index (χ0) is 14.8.